The summed E-state index contributed by atoms with van der Waals surface area (Å²) in [7, 11) is 0. The Morgan fingerprint density at radius 1 is 1.11 bits per heavy atom. The minimum Gasteiger partial charge on any atom is -0.383 e. The van der Waals surface area contributed by atoms with Gasteiger partial charge in [0.2, 0.25) is 0 Å². The van der Waals surface area contributed by atoms with Gasteiger partial charge in [0.05, 0.1) is 11.4 Å². The minimum absolute atomic E-state index is 0.00572. The number of nitrogens with one attached hydrogen (secondary N) is 1. The van der Waals surface area contributed by atoms with Crippen LogP contribution >= 0.6 is 11.3 Å². The lowest BCUT2D eigenvalue weighted by atomic mass is 10.1. The molecular weight excluding hydrogens is 258 g/mol. The molecule has 0 fully saturated rings. The van der Waals surface area contributed by atoms with Gasteiger partial charge in [-0.3, -0.25) is 9.59 Å². The normalized spacial score (nSPS) is 10.5. The van der Waals surface area contributed by atoms with E-state index in [-0.39, 0.29) is 18.1 Å². The lowest BCUT2D eigenvalue weighted by Gasteiger charge is -2.00. The molecule has 96 valence electrons. The Morgan fingerprint density at radius 2 is 1.89 bits per heavy atom. The van der Waals surface area contributed by atoms with E-state index in [1.807, 2.05) is 29.6 Å². The Balaban J connectivity index is 1.81. The molecule has 4 heteroatoms. The van der Waals surface area contributed by atoms with Crippen molar-refractivity contribution in [1.82, 2.24) is 5.32 Å². The molecule has 0 saturated heterocycles. The SMILES string of the molecule is O=C(CNC=CC(=O)c1cccs1)c1ccccc1. The van der Waals surface area contributed by atoms with Crippen molar-refractivity contribution >= 4 is 22.9 Å². The molecule has 2 aromatic rings. The number of thiophene rings is 1. The van der Waals surface area contributed by atoms with E-state index in [0.717, 1.165) is 0 Å². The summed E-state index contributed by atoms with van der Waals surface area (Å²) in [5.74, 6) is -0.0662. The van der Waals surface area contributed by atoms with Crippen LogP contribution in [0.5, 0.6) is 0 Å². The van der Waals surface area contributed by atoms with Gasteiger partial charge in [0.25, 0.3) is 0 Å². The second-order valence-corrected chi connectivity index (χ2v) is 4.79. The molecule has 0 bridgehead atoms. The van der Waals surface area contributed by atoms with E-state index in [2.05, 4.69) is 5.32 Å². The first-order valence-electron chi connectivity index (χ1n) is 5.83. The van der Waals surface area contributed by atoms with E-state index < -0.39 is 0 Å². The fraction of sp³-hybridized carbons (Fsp3) is 0.0667. The highest BCUT2D eigenvalue weighted by atomic mass is 32.1. The predicted molar refractivity (Wildman–Crippen MR) is 76.6 cm³/mol. The van der Waals surface area contributed by atoms with Gasteiger partial charge in [-0.2, -0.15) is 0 Å². The summed E-state index contributed by atoms with van der Waals surface area (Å²) < 4.78 is 0. The summed E-state index contributed by atoms with van der Waals surface area (Å²) in [5, 5.41) is 4.68. The lowest BCUT2D eigenvalue weighted by Crippen LogP contribution is -2.18. The number of ketones is 2. The van der Waals surface area contributed by atoms with E-state index in [0.29, 0.717) is 10.4 Å². The van der Waals surface area contributed by atoms with Crippen molar-refractivity contribution in [3.63, 3.8) is 0 Å². The number of allylic oxidation sites excluding steroid dienone is 1. The van der Waals surface area contributed by atoms with Crippen LogP contribution in [0, 0.1) is 0 Å². The van der Waals surface area contributed by atoms with E-state index in [1.165, 1.54) is 23.6 Å². The molecule has 1 aromatic carbocycles. The Kier molecular flexibility index (Phi) is 4.64. The first-order chi connectivity index (χ1) is 9.27. The third kappa shape index (κ3) is 3.89. The highest BCUT2D eigenvalue weighted by molar-refractivity contribution is 7.12. The van der Waals surface area contributed by atoms with E-state index >= 15 is 0 Å². The van der Waals surface area contributed by atoms with Crippen LogP contribution in [0.3, 0.4) is 0 Å². The maximum Gasteiger partial charge on any atom is 0.197 e. The Morgan fingerprint density at radius 3 is 2.58 bits per heavy atom. The maximum atomic E-state index is 11.7. The van der Waals surface area contributed by atoms with Crippen LogP contribution in [0.2, 0.25) is 0 Å². The molecule has 0 aliphatic heterocycles. The monoisotopic (exact) mass is 271 g/mol. The molecule has 0 unspecified atom stereocenters. The van der Waals surface area contributed by atoms with Gasteiger partial charge in [-0.15, -0.1) is 11.3 Å². The van der Waals surface area contributed by atoms with Crippen molar-refractivity contribution < 1.29 is 9.59 Å². The smallest absolute Gasteiger partial charge is 0.197 e. The van der Waals surface area contributed by atoms with Crippen molar-refractivity contribution in [3.8, 4) is 0 Å². The number of hydrogen-bond acceptors (Lipinski definition) is 4. The van der Waals surface area contributed by atoms with Gasteiger partial charge in [-0.05, 0) is 11.4 Å². The number of rotatable bonds is 6. The summed E-state index contributed by atoms with van der Waals surface area (Å²) in [6, 6.07) is 12.6. The molecule has 2 rings (SSSR count). The highest BCUT2D eigenvalue weighted by Gasteiger charge is 2.03. The van der Waals surface area contributed by atoms with Crippen LogP contribution in [0.4, 0.5) is 0 Å². The van der Waals surface area contributed by atoms with Gasteiger partial charge in [-0.25, -0.2) is 0 Å². The van der Waals surface area contributed by atoms with Crippen LogP contribution in [-0.4, -0.2) is 18.1 Å². The van der Waals surface area contributed by atoms with Gasteiger partial charge >= 0.3 is 0 Å². The second-order valence-electron chi connectivity index (χ2n) is 3.84. The van der Waals surface area contributed by atoms with Crippen molar-refractivity contribution in [2.45, 2.75) is 0 Å². The molecule has 0 amide bonds. The van der Waals surface area contributed by atoms with E-state index in [4.69, 9.17) is 0 Å². The molecule has 1 N–H and O–H groups in total. The topological polar surface area (TPSA) is 46.2 Å². The molecular formula is C15H13NO2S. The Labute approximate surface area is 115 Å². The summed E-state index contributed by atoms with van der Waals surface area (Å²) in [6.45, 7) is 0.179. The number of Topliss-reactive ketones (excluding diaryl/α,β-unsaturated/α-hetero) is 1. The molecule has 19 heavy (non-hydrogen) atoms. The zero-order valence-corrected chi connectivity index (χ0v) is 11.0. The number of benzene rings is 1. The van der Waals surface area contributed by atoms with Gasteiger partial charge < -0.3 is 5.32 Å². The molecule has 0 saturated carbocycles. The summed E-state index contributed by atoms with van der Waals surface area (Å²) >= 11 is 1.40. The molecule has 1 aromatic heterocycles. The Hall–Kier alpha value is -2.20. The number of hydrogen-bond donors (Lipinski definition) is 1. The van der Waals surface area contributed by atoms with Crippen LogP contribution in [0.25, 0.3) is 0 Å². The largest absolute Gasteiger partial charge is 0.383 e. The van der Waals surface area contributed by atoms with Crippen LogP contribution < -0.4 is 5.32 Å². The van der Waals surface area contributed by atoms with E-state index in [9.17, 15) is 9.59 Å². The van der Waals surface area contributed by atoms with Crippen molar-refractivity contribution in [3.05, 3.63) is 70.6 Å². The van der Waals surface area contributed by atoms with Crippen molar-refractivity contribution in [2.75, 3.05) is 6.54 Å². The van der Waals surface area contributed by atoms with Gasteiger partial charge in [-0.1, -0.05) is 36.4 Å². The first kappa shape index (κ1) is 13.2. The quantitative estimate of drug-likeness (QED) is 0.649. The summed E-state index contributed by atoms with van der Waals surface area (Å²) in [5.41, 5.74) is 0.660. The van der Waals surface area contributed by atoms with Gasteiger partial charge in [0, 0.05) is 17.8 Å². The standard InChI is InChI=1S/C15H13NO2S/c17-13(15-7-4-10-19-15)8-9-16-11-14(18)12-5-2-1-3-6-12/h1-10,16H,11H2. The number of carbonyl (C=O) groups excluding carboxylic acids is 2. The van der Waals surface area contributed by atoms with Crippen LogP contribution in [-0.2, 0) is 0 Å². The average molecular weight is 271 g/mol. The van der Waals surface area contributed by atoms with Gasteiger partial charge in [0.1, 0.15) is 0 Å². The van der Waals surface area contributed by atoms with E-state index in [1.54, 1.807) is 18.2 Å². The molecule has 0 atom stereocenters. The highest BCUT2D eigenvalue weighted by Crippen LogP contribution is 2.09. The summed E-state index contributed by atoms with van der Waals surface area (Å²) in [6.07, 6.45) is 2.95. The minimum atomic E-state index is -0.0605. The third-order valence-electron chi connectivity index (χ3n) is 2.47. The van der Waals surface area contributed by atoms with Gasteiger partial charge in [0.15, 0.2) is 11.6 Å². The summed E-state index contributed by atoms with van der Waals surface area (Å²) in [4.78, 5) is 24.0. The molecule has 1 heterocycles. The molecule has 3 nitrogen and oxygen atoms in total. The second kappa shape index (κ2) is 6.66. The van der Waals surface area contributed by atoms with Crippen LogP contribution in [0.1, 0.15) is 20.0 Å². The fourth-order valence-corrected chi connectivity index (χ4v) is 2.16. The molecule has 0 radical (unpaired) electrons. The van der Waals surface area contributed by atoms with Crippen molar-refractivity contribution in [2.24, 2.45) is 0 Å². The van der Waals surface area contributed by atoms with Crippen LogP contribution in [0.15, 0.2) is 60.1 Å². The van der Waals surface area contributed by atoms with Crippen molar-refractivity contribution in [1.29, 1.82) is 0 Å². The maximum absolute atomic E-state index is 11.7. The predicted octanol–water partition coefficient (Wildman–Crippen LogP) is 2.92. The first-order valence-corrected chi connectivity index (χ1v) is 6.71. The average Bonchev–Trinajstić information content (AvgIpc) is 2.98. The molecule has 0 aliphatic rings. The lowest BCUT2D eigenvalue weighted by molar-refractivity contribution is 0.0992. The zero-order valence-electron chi connectivity index (χ0n) is 10.2. The Bertz CT molecular complexity index is 573. The third-order valence-corrected chi connectivity index (χ3v) is 3.36. The number of carbonyl (C=O) groups is 2. The fourth-order valence-electron chi connectivity index (χ4n) is 1.51. The zero-order chi connectivity index (χ0) is 13.5. The molecule has 0 aliphatic carbocycles. The molecule has 0 spiro atoms.